The van der Waals surface area contributed by atoms with Gasteiger partial charge >= 0.3 is 0 Å². The summed E-state index contributed by atoms with van der Waals surface area (Å²) >= 11 is 11.9. The minimum Gasteiger partial charge on any atom is -0.324 e. The average Bonchev–Trinajstić information content (AvgIpc) is 2.51. The van der Waals surface area contributed by atoms with E-state index in [2.05, 4.69) is 5.32 Å². The van der Waals surface area contributed by atoms with E-state index in [9.17, 15) is 9.59 Å². The van der Waals surface area contributed by atoms with Gasteiger partial charge in [0.2, 0.25) is 11.8 Å². The van der Waals surface area contributed by atoms with Crippen LogP contribution >= 0.6 is 23.2 Å². The van der Waals surface area contributed by atoms with Crippen LogP contribution in [0.25, 0.3) is 0 Å². The molecule has 6 heteroatoms. The molecule has 2 rings (SSSR count). The monoisotopic (exact) mass is 350 g/mol. The molecule has 0 spiro atoms. The summed E-state index contributed by atoms with van der Waals surface area (Å²) in [6.45, 7) is 1.50. The molecule has 2 aromatic carbocycles. The van der Waals surface area contributed by atoms with Crippen molar-refractivity contribution in [2.24, 2.45) is 0 Å². The molecule has 2 aromatic rings. The summed E-state index contributed by atoms with van der Waals surface area (Å²) in [6.07, 6.45) is 0.201. The van der Waals surface area contributed by atoms with Crippen LogP contribution in [0.5, 0.6) is 0 Å². The molecule has 0 saturated carbocycles. The smallest absolute Gasteiger partial charge is 0.228 e. The van der Waals surface area contributed by atoms with E-state index >= 15 is 0 Å². The van der Waals surface area contributed by atoms with Crippen LogP contribution in [0.1, 0.15) is 12.5 Å². The molecule has 0 saturated heterocycles. The van der Waals surface area contributed by atoms with Crippen LogP contribution in [0.2, 0.25) is 10.0 Å². The van der Waals surface area contributed by atoms with Gasteiger partial charge in [0.1, 0.15) is 0 Å². The number of hydrogen-bond acceptors (Lipinski definition) is 2. The Balaban J connectivity index is 2.03. The van der Waals surface area contributed by atoms with Gasteiger partial charge in [-0.1, -0.05) is 35.3 Å². The Morgan fingerprint density at radius 1 is 1.09 bits per heavy atom. The fraction of sp³-hybridized carbons (Fsp3) is 0.176. The zero-order valence-corrected chi connectivity index (χ0v) is 14.3. The maximum Gasteiger partial charge on any atom is 0.228 e. The number of halogens is 2. The molecule has 0 heterocycles. The zero-order chi connectivity index (χ0) is 17.0. The molecule has 0 fully saturated rings. The first-order valence-electron chi connectivity index (χ1n) is 6.95. The first-order valence-corrected chi connectivity index (χ1v) is 7.70. The summed E-state index contributed by atoms with van der Waals surface area (Å²) in [6, 6.07) is 12.1. The Bertz CT molecular complexity index is 730. The molecule has 0 atom stereocenters. The van der Waals surface area contributed by atoms with Crippen LogP contribution in [0.3, 0.4) is 0 Å². The van der Waals surface area contributed by atoms with Crippen LogP contribution in [-0.4, -0.2) is 18.9 Å². The van der Waals surface area contributed by atoms with E-state index in [1.165, 1.54) is 11.8 Å². The molecule has 0 aliphatic heterocycles. The topological polar surface area (TPSA) is 49.4 Å². The number of carbonyl (C=O) groups is 2. The molecular formula is C17H16Cl2N2O2. The number of nitrogens with zero attached hydrogens (tertiary/aromatic N) is 1. The third-order valence-corrected chi connectivity index (χ3v) is 3.93. The normalized spacial score (nSPS) is 10.3. The molecule has 0 unspecified atom stereocenters. The van der Waals surface area contributed by atoms with Gasteiger partial charge in [0.05, 0.1) is 17.1 Å². The Morgan fingerprint density at radius 3 is 2.35 bits per heavy atom. The summed E-state index contributed by atoms with van der Waals surface area (Å²) in [4.78, 5) is 24.9. The van der Waals surface area contributed by atoms with E-state index in [0.717, 1.165) is 11.3 Å². The second-order valence-electron chi connectivity index (χ2n) is 5.09. The lowest BCUT2D eigenvalue weighted by Crippen LogP contribution is -2.22. The maximum atomic E-state index is 12.1. The molecule has 0 bridgehead atoms. The summed E-state index contributed by atoms with van der Waals surface area (Å²) in [5.41, 5.74) is 2.10. The van der Waals surface area contributed by atoms with Crippen molar-refractivity contribution in [2.75, 3.05) is 17.3 Å². The molecule has 4 nitrogen and oxygen atoms in total. The van der Waals surface area contributed by atoms with Crippen molar-refractivity contribution < 1.29 is 9.59 Å². The zero-order valence-electron chi connectivity index (χ0n) is 12.8. The number of benzene rings is 2. The second-order valence-corrected chi connectivity index (χ2v) is 5.94. The van der Waals surface area contributed by atoms with Crippen LogP contribution in [0.4, 0.5) is 11.4 Å². The van der Waals surface area contributed by atoms with Gasteiger partial charge in [0, 0.05) is 24.7 Å². The van der Waals surface area contributed by atoms with E-state index < -0.39 is 0 Å². The molecule has 1 N–H and O–H groups in total. The molecule has 23 heavy (non-hydrogen) atoms. The van der Waals surface area contributed by atoms with Crippen LogP contribution in [0, 0.1) is 0 Å². The molecule has 0 radical (unpaired) electrons. The highest BCUT2D eigenvalue weighted by atomic mass is 35.5. The fourth-order valence-corrected chi connectivity index (χ4v) is 2.33. The van der Waals surface area contributed by atoms with Crippen molar-refractivity contribution in [2.45, 2.75) is 13.3 Å². The standard InChI is InChI=1S/C17H16Cl2N2O2/c1-11(22)21(2)14-6-3-12(4-7-14)9-17(23)20-16-10-13(18)5-8-15(16)19/h3-8,10H,9H2,1-2H3,(H,20,23). The second kappa shape index (κ2) is 7.49. The van der Waals surface area contributed by atoms with Crippen molar-refractivity contribution in [1.29, 1.82) is 0 Å². The maximum absolute atomic E-state index is 12.1. The van der Waals surface area contributed by atoms with Gasteiger partial charge in [0.25, 0.3) is 0 Å². The first kappa shape index (κ1) is 17.3. The Hall–Kier alpha value is -2.04. The van der Waals surface area contributed by atoms with E-state index in [1.807, 2.05) is 12.1 Å². The first-order chi connectivity index (χ1) is 10.9. The van der Waals surface area contributed by atoms with Gasteiger partial charge in [-0.15, -0.1) is 0 Å². The molecule has 2 amide bonds. The van der Waals surface area contributed by atoms with E-state index in [-0.39, 0.29) is 18.2 Å². The number of amides is 2. The van der Waals surface area contributed by atoms with Gasteiger partial charge in [-0.2, -0.15) is 0 Å². The van der Waals surface area contributed by atoms with Gasteiger partial charge < -0.3 is 10.2 Å². The number of hydrogen-bond donors (Lipinski definition) is 1. The van der Waals surface area contributed by atoms with Gasteiger partial charge in [-0.05, 0) is 35.9 Å². The minimum absolute atomic E-state index is 0.0499. The SMILES string of the molecule is CC(=O)N(C)c1ccc(CC(=O)Nc2cc(Cl)ccc2Cl)cc1. The van der Waals surface area contributed by atoms with Crippen LogP contribution < -0.4 is 10.2 Å². The highest BCUT2D eigenvalue weighted by Gasteiger charge is 2.09. The lowest BCUT2D eigenvalue weighted by Gasteiger charge is -2.15. The van der Waals surface area contributed by atoms with Crippen LogP contribution in [0.15, 0.2) is 42.5 Å². The van der Waals surface area contributed by atoms with Crippen molar-refractivity contribution in [3.8, 4) is 0 Å². The van der Waals surface area contributed by atoms with E-state index in [1.54, 1.807) is 37.4 Å². The highest BCUT2D eigenvalue weighted by Crippen LogP contribution is 2.25. The quantitative estimate of drug-likeness (QED) is 0.899. The highest BCUT2D eigenvalue weighted by molar-refractivity contribution is 6.35. The molecule has 0 aliphatic rings. The molecule has 120 valence electrons. The van der Waals surface area contributed by atoms with E-state index in [0.29, 0.717) is 15.7 Å². The molecule has 0 aromatic heterocycles. The fourth-order valence-electron chi connectivity index (χ4n) is 1.99. The van der Waals surface area contributed by atoms with Gasteiger partial charge in [-0.3, -0.25) is 9.59 Å². The summed E-state index contributed by atoms with van der Waals surface area (Å²) in [5, 5.41) is 3.67. The Kier molecular flexibility index (Phi) is 5.64. The summed E-state index contributed by atoms with van der Waals surface area (Å²) in [7, 11) is 1.70. The van der Waals surface area contributed by atoms with Crippen LogP contribution in [-0.2, 0) is 16.0 Å². The van der Waals surface area contributed by atoms with Crippen molar-refractivity contribution in [3.05, 3.63) is 58.1 Å². The number of nitrogens with one attached hydrogen (secondary N) is 1. The predicted octanol–water partition coefficient (Wildman–Crippen LogP) is 4.16. The largest absolute Gasteiger partial charge is 0.324 e. The lowest BCUT2D eigenvalue weighted by atomic mass is 10.1. The van der Waals surface area contributed by atoms with Crippen molar-refractivity contribution in [1.82, 2.24) is 0 Å². The summed E-state index contributed by atoms with van der Waals surface area (Å²) < 4.78 is 0. The van der Waals surface area contributed by atoms with Gasteiger partial charge in [-0.25, -0.2) is 0 Å². The number of carbonyl (C=O) groups excluding carboxylic acids is 2. The lowest BCUT2D eigenvalue weighted by molar-refractivity contribution is -0.116. The minimum atomic E-state index is -0.193. The third kappa shape index (κ3) is 4.71. The van der Waals surface area contributed by atoms with Crippen molar-refractivity contribution >= 4 is 46.4 Å². The predicted molar refractivity (Wildman–Crippen MR) is 94.3 cm³/mol. The Labute approximate surface area is 145 Å². The molecule has 0 aliphatic carbocycles. The molecular weight excluding hydrogens is 335 g/mol. The number of rotatable bonds is 4. The third-order valence-electron chi connectivity index (χ3n) is 3.36. The average molecular weight is 351 g/mol. The van der Waals surface area contributed by atoms with E-state index in [4.69, 9.17) is 23.2 Å². The number of anilines is 2. The van der Waals surface area contributed by atoms with Gasteiger partial charge in [0.15, 0.2) is 0 Å². The summed E-state index contributed by atoms with van der Waals surface area (Å²) in [5.74, 6) is -0.243. The Morgan fingerprint density at radius 2 is 1.74 bits per heavy atom. The van der Waals surface area contributed by atoms with Crippen molar-refractivity contribution in [3.63, 3.8) is 0 Å².